The minimum Gasteiger partial charge on any atom is -0.479 e. The Labute approximate surface area is 203 Å². The zero-order valence-corrected chi connectivity index (χ0v) is 19.5. The lowest BCUT2D eigenvalue weighted by molar-refractivity contribution is -0.165. The molecule has 1 atom stereocenters. The number of carboxylic acids is 1. The quantitative estimate of drug-likeness (QED) is 0.563. The number of rotatable bonds is 7. The van der Waals surface area contributed by atoms with E-state index < -0.39 is 23.7 Å². The Kier molecular flexibility index (Phi) is 6.23. The van der Waals surface area contributed by atoms with Crippen LogP contribution in [0.2, 0.25) is 0 Å². The van der Waals surface area contributed by atoms with E-state index in [9.17, 15) is 24.6 Å². The number of ether oxygens (including phenoxy) is 1. The maximum Gasteiger partial charge on any atom is 0.407 e. The molecule has 1 heterocycles. The van der Waals surface area contributed by atoms with Gasteiger partial charge in [-0.2, -0.15) is 0 Å². The number of benzene rings is 2. The molecule has 2 aromatic carbocycles. The Balaban J connectivity index is 1.22. The average Bonchev–Trinajstić information content (AvgIpc) is 3.63. The van der Waals surface area contributed by atoms with Gasteiger partial charge in [0.1, 0.15) is 12.6 Å². The van der Waals surface area contributed by atoms with Crippen molar-refractivity contribution in [2.75, 3.05) is 19.7 Å². The fourth-order valence-corrected chi connectivity index (χ4v) is 5.22. The van der Waals surface area contributed by atoms with Gasteiger partial charge < -0.3 is 25.2 Å². The van der Waals surface area contributed by atoms with E-state index in [4.69, 9.17) is 4.74 Å². The summed E-state index contributed by atoms with van der Waals surface area (Å²) in [5.41, 5.74) is 2.72. The third kappa shape index (κ3) is 4.75. The first-order chi connectivity index (χ1) is 16.9. The van der Waals surface area contributed by atoms with Crippen molar-refractivity contribution < 1.29 is 29.3 Å². The Morgan fingerprint density at radius 2 is 1.57 bits per heavy atom. The first-order valence-corrected chi connectivity index (χ1v) is 12.2. The Bertz CT molecular complexity index is 1090. The van der Waals surface area contributed by atoms with Crippen LogP contribution in [0.15, 0.2) is 48.5 Å². The third-order valence-electron chi connectivity index (χ3n) is 7.50. The number of alkyl carbamates (subject to hydrolysis) is 1. The number of nitrogens with zero attached hydrogens (tertiary/aromatic N) is 1. The number of aliphatic carboxylic acids is 1. The highest BCUT2D eigenvalue weighted by atomic mass is 16.5. The predicted octanol–water partition coefficient (Wildman–Crippen LogP) is 3.13. The fourth-order valence-electron chi connectivity index (χ4n) is 5.22. The van der Waals surface area contributed by atoms with Crippen molar-refractivity contribution in [1.82, 2.24) is 10.2 Å². The molecule has 0 spiro atoms. The van der Waals surface area contributed by atoms with Crippen molar-refractivity contribution in [2.24, 2.45) is 5.92 Å². The summed E-state index contributed by atoms with van der Waals surface area (Å²) >= 11 is 0. The lowest BCUT2D eigenvalue weighted by atomic mass is 9.91. The molecule has 5 rings (SSSR count). The van der Waals surface area contributed by atoms with Gasteiger partial charge in [-0.3, -0.25) is 4.79 Å². The summed E-state index contributed by atoms with van der Waals surface area (Å²) in [4.78, 5) is 38.8. The van der Waals surface area contributed by atoms with Crippen molar-refractivity contribution in [3.8, 4) is 11.1 Å². The number of carboxylic acid groups (broad SMARTS) is 1. The van der Waals surface area contributed by atoms with Crippen LogP contribution in [0.5, 0.6) is 0 Å². The smallest absolute Gasteiger partial charge is 0.407 e. The van der Waals surface area contributed by atoms with E-state index in [0.717, 1.165) is 35.1 Å². The van der Waals surface area contributed by atoms with E-state index in [1.54, 1.807) is 0 Å². The fraction of sp³-hybridized carbons (Fsp3) is 0.444. The molecule has 0 radical (unpaired) electrons. The first kappa shape index (κ1) is 23.4. The Morgan fingerprint density at radius 3 is 2.11 bits per heavy atom. The van der Waals surface area contributed by atoms with Crippen molar-refractivity contribution in [1.29, 1.82) is 0 Å². The van der Waals surface area contributed by atoms with Crippen LogP contribution in [0, 0.1) is 5.92 Å². The topological polar surface area (TPSA) is 116 Å². The number of amides is 2. The maximum absolute atomic E-state index is 13.2. The van der Waals surface area contributed by atoms with Gasteiger partial charge in [0.05, 0.1) is 0 Å². The molecule has 184 valence electrons. The summed E-state index contributed by atoms with van der Waals surface area (Å²) < 4.78 is 5.64. The normalized spacial score (nSPS) is 19.4. The van der Waals surface area contributed by atoms with Gasteiger partial charge in [-0.25, -0.2) is 9.59 Å². The molecule has 2 fully saturated rings. The van der Waals surface area contributed by atoms with E-state index in [1.807, 2.05) is 24.3 Å². The van der Waals surface area contributed by atoms with Crippen LogP contribution in [0.3, 0.4) is 0 Å². The minimum atomic E-state index is -1.80. The van der Waals surface area contributed by atoms with Gasteiger partial charge >= 0.3 is 12.1 Å². The lowest BCUT2D eigenvalue weighted by Gasteiger charge is -2.37. The zero-order valence-electron chi connectivity index (χ0n) is 19.5. The molecule has 8 heteroatoms. The zero-order chi connectivity index (χ0) is 24.6. The summed E-state index contributed by atoms with van der Waals surface area (Å²) in [6.45, 7) is 0.434. The molecular weight excluding hydrogens is 448 g/mol. The highest BCUT2D eigenvalue weighted by Gasteiger charge is 2.42. The second-order valence-electron chi connectivity index (χ2n) is 9.86. The molecule has 1 saturated heterocycles. The van der Waals surface area contributed by atoms with Crippen LogP contribution < -0.4 is 5.32 Å². The Morgan fingerprint density at radius 1 is 1.00 bits per heavy atom. The van der Waals surface area contributed by atoms with Crippen LogP contribution in [-0.4, -0.2) is 64.4 Å². The average molecular weight is 479 g/mol. The van der Waals surface area contributed by atoms with E-state index >= 15 is 0 Å². The van der Waals surface area contributed by atoms with E-state index in [2.05, 4.69) is 29.6 Å². The summed E-state index contributed by atoms with van der Waals surface area (Å²) in [7, 11) is 0. The standard InChI is InChI=1S/C27H30N2O6/c30-24(29-13-11-27(34,12-14-29)25(31)32)23(15-17-9-10-17)28-26(33)35-16-22-20-7-3-1-5-18(20)19-6-2-4-8-21(19)22/h1-8,17,22-23,34H,9-16H2,(H,28,33)(H,31,32)/t23-/m0/s1. The molecule has 2 aromatic rings. The van der Waals surface area contributed by atoms with Crippen LogP contribution in [-0.2, 0) is 14.3 Å². The second-order valence-corrected chi connectivity index (χ2v) is 9.86. The predicted molar refractivity (Wildman–Crippen MR) is 128 cm³/mol. The number of hydrogen-bond donors (Lipinski definition) is 3. The molecule has 0 unspecified atom stereocenters. The third-order valence-corrected chi connectivity index (χ3v) is 7.50. The highest BCUT2D eigenvalue weighted by Crippen LogP contribution is 2.44. The summed E-state index contributed by atoms with van der Waals surface area (Å²) in [5.74, 6) is -1.20. The number of hydrogen-bond acceptors (Lipinski definition) is 5. The largest absolute Gasteiger partial charge is 0.479 e. The van der Waals surface area contributed by atoms with E-state index in [0.29, 0.717) is 12.3 Å². The van der Waals surface area contributed by atoms with Gasteiger partial charge in [0, 0.05) is 31.8 Å². The minimum absolute atomic E-state index is 0.0326. The number of carbonyl (C=O) groups excluding carboxylic acids is 2. The van der Waals surface area contributed by atoms with Gasteiger partial charge in [0.15, 0.2) is 5.60 Å². The number of likely N-dealkylation sites (tertiary alicyclic amines) is 1. The van der Waals surface area contributed by atoms with Gasteiger partial charge in [-0.05, 0) is 34.6 Å². The molecule has 3 aliphatic rings. The molecule has 3 N–H and O–H groups in total. The first-order valence-electron chi connectivity index (χ1n) is 12.2. The Hall–Kier alpha value is -3.39. The van der Waals surface area contributed by atoms with E-state index in [1.165, 1.54) is 4.90 Å². The molecule has 0 aromatic heterocycles. The van der Waals surface area contributed by atoms with Crippen LogP contribution in [0.1, 0.15) is 49.1 Å². The molecular formula is C27H30N2O6. The van der Waals surface area contributed by atoms with Gasteiger partial charge in [-0.1, -0.05) is 61.4 Å². The van der Waals surface area contributed by atoms with Crippen molar-refractivity contribution in [2.45, 2.75) is 49.7 Å². The number of carbonyl (C=O) groups is 3. The lowest BCUT2D eigenvalue weighted by Crippen LogP contribution is -2.55. The van der Waals surface area contributed by atoms with Crippen molar-refractivity contribution >= 4 is 18.0 Å². The molecule has 1 saturated carbocycles. The van der Waals surface area contributed by atoms with E-state index in [-0.39, 0.29) is 44.4 Å². The summed E-state index contributed by atoms with van der Waals surface area (Å²) in [5, 5.41) is 22.2. The van der Waals surface area contributed by atoms with Crippen LogP contribution in [0.25, 0.3) is 11.1 Å². The molecule has 8 nitrogen and oxygen atoms in total. The number of aliphatic hydroxyl groups is 1. The summed E-state index contributed by atoms with van der Waals surface area (Å²) in [6, 6.07) is 15.5. The summed E-state index contributed by atoms with van der Waals surface area (Å²) in [6.07, 6.45) is 1.88. The molecule has 35 heavy (non-hydrogen) atoms. The highest BCUT2D eigenvalue weighted by molar-refractivity contribution is 5.86. The van der Waals surface area contributed by atoms with Crippen LogP contribution in [0.4, 0.5) is 4.79 Å². The monoisotopic (exact) mass is 478 g/mol. The molecule has 0 bridgehead atoms. The SMILES string of the molecule is O=C(N[C@@H](CC1CC1)C(=O)N1CCC(O)(C(=O)O)CC1)OCC1c2ccccc2-c2ccccc21. The van der Waals surface area contributed by atoms with Gasteiger partial charge in [-0.15, -0.1) is 0 Å². The second kappa shape index (κ2) is 9.34. The van der Waals surface area contributed by atoms with Gasteiger partial charge in [0.2, 0.25) is 5.91 Å². The number of fused-ring (bicyclic) bond motifs is 3. The number of nitrogens with one attached hydrogen (secondary N) is 1. The van der Waals surface area contributed by atoms with Crippen LogP contribution >= 0.6 is 0 Å². The molecule has 2 aliphatic carbocycles. The van der Waals surface area contributed by atoms with Crippen molar-refractivity contribution in [3.63, 3.8) is 0 Å². The molecule has 2 amide bonds. The molecule has 1 aliphatic heterocycles. The van der Waals surface area contributed by atoms with Crippen molar-refractivity contribution in [3.05, 3.63) is 59.7 Å². The number of piperidine rings is 1. The maximum atomic E-state index is 13.2. The van der Waals surface area contributed by atoms with Gasteiger partial charge in [0.25, 0.3) is 0 Å².